The van der Waals surface area contributed by atoms with Crippen LogP contribution < -0.4 is 10.1 Å². The van der Waals surface area contributed by atoms with Crippen molar-refractivity contribution in [1.29, 1.82) is 0 Å². The van der Waals surface area contributed by atoms with E-state index in [0.717, 1.165) is 11.3 Å². The molecule has 1 N–H and O–H groups in total. The molecule has 0 fully saturated rings. The van der Waals surface area contributed by atoms with Gasteiger partial charge in [-0.25, -0.2) is 4.79 Å². The number of esters is 1. The maximum Gasteiger partial charge on any atom is 0.335 e. The van der Waals surface area contributed by atoms with Crippen LogP contribution in [-0.2, 0) is 9.53 Å². The lowest BCUT2D eigenvalue weighted by molar-refractivity contribution is -0.141. The van der Waals surface area contributed by atoms with Crippen LogP contribution >= 0.6 is 31.9 Å². The van der Waals surface area contributed by atoms with E-state index in [1.807, 2.05) is 24.3 Å². The summed E-state index contributed by atoms with van der Waals surface area (Å²) in [4.78, 5) is 11.9. The second kappa shape index (κ2) is 7.81. The molecular formula is C14H17Br2NO3. The lowest BCUT2D eigenvalue weighted by atomic mass is 10.0. The van der Waals surface area contributed by atoms with E-state index < -0.39 is 9.20 Å². The van der Waals surface area contributed by atoms with E-state index in [2.05, 4.69) is 43.8 Å². The molecule has 20 heavy (non-hydrogen) atoms. The number of hydrogen-bond acceptors (Lipinski definition) is 4. The number of carbonyl (C=O) groups is 1. The molecule has 0 saturated heterocycles. The van der Waals surface area contributed by atoms with Gasteiger partial charge in [-0.3, -0.25) is 0 Å². The first-order valence-electron chi connectivity index (χ1n) is 5.91. The van der Waals surface area contributed by atoms with Gasteiger partial charge in [-0.15, -0.1) is 6.58 Å². The zero-order valence-corrected chi connectivity index (χ0v) is 14.5. The Kier molecular flexibility index (Phi) is 6.71. The summed E-state index contributed by atoms with van der Waals surface area (Å²) in [5.74, 6) is 0.332. The van der Waals surface area contributed by atoms with Gasteiger partial charge < -0.3 is 14.8 Å². The highest BCUT2D eigenvalue weighted by Crippen LogP contribution is 2.41. The van der Waals surface area contributed by atoms with Crippen LogP contribution in [0, 0.1) is 0 Å². The molecular weight excluding hydrogens is 390 g/mol. The SMILES string of the molecule is C=CCNC(c1ccc(OC)cc1)C(Br)(Br)C(=O)OC. The Labute approximate surface area is 135 Å². The number of carbonyl (C=O) groups excluding carboxylic acids is 1. The largest absolute Gasteiger partial charge is 0.497 e. The Hall–Kier alpha value is -0.850. The van der Waals surface area contributed by atoms with E-state index in [1.54, 1.807) is 13.2 Å². The van der Waals surface area contributed by atoms with E-state index in [9.17, 15) is 4.79 Å². The Bertz CT molecular complexity index is 460. The molecule has 0 aliphatic carbocycles. The standard InChI is InChI=1S/C14H17Br2NO3/c1-4-9-17-12(14(15,16)13(18)20-3)10-5-7-11(19-2)8-6-10/h4-8,12,17H,1,9H2,2-3H3. The van der Waals surface area contributed by atoms with Crippen LogP contribution in [0.1, 0.15) is 11.6 Å². The first-order chi connectivity index (χ1) is 9.47. The highest BCUT2D eigenvalue weighted by atomic mass is 79.9. The maximum absolute atomic E-state index is 11.9. The lowest BCUT2D eigenvalue weighted by Gasteiger charge is -2.29. The summed E-state index contributed by atoms with van der Waals surface area (Å²) in [6.07, 6.45) is 1.73. The molecule has 1 aromatic rings. The summed E-state index contributed by atoms with van der Waals surface area (Å²) >= 11 is 6.78. The van der Waals surface area contributed by atoms with Crippen molar-refractivity contribution in [2.75, 3.05) is 20.8 Å². The van der Waals surface area contributed by atoms with E-state index in [0.29, 0.717) is 6.54 Å². The topological polar surface area (TPSA) is 47.6 Å². The fourth-order valence-corrected chi connectivity index (χ4v) is 2.88. The van der Waals surface area contributed by atoms with Crippen molar-refractivity contribution in [1.82, 2.24) is 5.32 Å². The van der Waals surface area contributed by atoms with E-state index in [1.165, 1.54) is 7.11 Å². The summed E-state index contributed by atoms with van der Waals surface area (Å²) in [5.41, 5.74) is 0.909. The van der Waals surface area contributed by atoms with Crippen molar-refractivity contribution < 1.29 is 14.3 Å². The first-order valence-corrected chi connectivity index (χ1v) is 7.50. The summed E-state index contributed by atoms with van der Waals surface area (Å²) in [5, 5.41) is 3.23. The molecule has 0 aliphatic rings. The number of hydrogen-bond donors (Lipinski definition) is 1. The monoisotopic (exact) mass is 405 g/mol. The van der Waals surface area contributed by atoms with Crippen LogP contribution in [0.3, 0.4) is 0 Å². The predicted octanol–water partition coefficient (Wildman–Crippen LogP) is 3.17. The van der Waals surface area contributed by atoms with Crippen LogP contribution in [0.5, 0.6) is 5.75 Å². The molecule has 0 amide bonds. The quantitative estimate of drug-likeness (QED) is 0.429. The average Bonchev–Trinajstić information content (AvgIpc) is 2.47. The summed E-state index contributed by atoms with van der Waals surface area (Å²) in [7, 11) is 2.95. The van der Waals surface area contributed by atoms with Crippen LogP contribution in [0.4, 0.5) is 0 Å². The van der Waals surface area contributed by atoms with Gasteiger partial charge in [0.25, 0.3) is 0 Å². The minimum Gasteiger partial charge on any atom is -0.497 e. The number of alkyl halides is 2. The molecule has 0 radical (unpaired) electrons. The lowest BCUT2D eigenvalue weighted by Crippen LogP contribution is -2.41. The molecule has 1 atom stereocenters. The Balaban J connectivity index is 3.09. The van der Waals surface area contributed by atoms with Crippen LogP contribution in [0.15, 0.2) is 36.9 Å². The van der Waals surface area contributed by atoms with Gasteiger partial charge in [-0.2, -0.15) is 0 Å². The number of rotatable bonds is 7. The smallest absolute Gasteiger partial charge is 0.335 e. The molecule has 4 nitrogen and oxygen atoms in total. The van der Waals surface area contributed by atoms with Gasteiger partial charge >= 0.3 is 5.97 Å². The van der Waals surface area contributed by atoms with Crippen LogP contribution in [0.25, 0.3) is 0 Å². The Morgan fingerprint density at radius 1 is 1.40 bits per heavy atom. The molecule has 1 rings (SSSR count). The molecule has 0 bridgehead atoms. The molecule has 1 unspecified atom stereocenters. The number of nitrogens with one attached hydrogen (secondary N) is 1. The summed E-state index contributed by atoms with van der Waals surface area (Å²) in [6, 6.07) is 7.12. The van der Waals surface area contributed by atoms with Crippen molar-refractivity contribution in [2.24, 2.45) is 0 Å². The minimum atomic E-state index is -1.06. The minimum absolute atomic E-state index is 0.334. The van der Waals surface area contributed by atoms with Gasteiger partial charge in [0.15, 0.2) is 3.23 Å². The molecule has 110 valence electrons. The zero-order chi connectivity index (χ0) is 15.2. The normalized spacial score (nSPS) is 12.6. The van der Waals surface area contributed by atoms with Crippen LogP contribution in [-0.4, -0.2) is 30.0 Å². The number of methoxy groups -OCH3 is 2. The van der Waals surface area contributed by atoms with Crippen molar-refractivity contribution in [3.63, 3.8) is 0 Å². The maximum atomic E-state index is 11.9. The Morgan fingerprint density at radius 2 is 2.00 bits per heavy atom. The molecule has 0 saturated carbocycles. The molecule has 6 heteroatoms. The second-order valence-corrected chi connectivity index (χ2v) is 7.58. The molecule has 0 aromatic heterocycles. The number of halogens is 2. The average molecular weight is 407 g/mol. The highest BCUT2D eigenvalue weighted by Gasteiger charge is 2.43. The summed E-state index contributed by atoms with van der Waals surface area (Å²) in [6.45, 7) is 4.22. The molecule has 0 spiro atoms. The van der Waals surface area contributed by atoms with Gasteiger partial charge in [-0.1, -0.05) is 50.1 Å². The highest BCUT2D eigenvalue weighted by molar-refractivity contribution is 9.26. The second-order valence-electron chi connectivity index (χ2n) is 4.02. The predicted molar refractivity (Wildman–Crippen MR) is 86.5 cm³/mol. The van der Waals surface area contributed by atoms with Crippen molar-refractivity contribution in [2.45, 2.75) is 9.28 Å². The van der Waals surface area contributed by atoms with Gasteiger partial charge in [0.05, 0.1) is 20.3 Å². The fourth-order valence-electron chi connectivity index (χ4n) is 1.71. The molecule has 0 aliphatic heterocycles. The Morgan fingerprint density at radius 3 is 2.45 bits per heavy atom. The molecule has 0 heterocycles. The van der Waals surface area contributed by atoms with Crippen molar-refractivity contribution >= 4 is 37.8 Å². The fraction of sp³-hybridized carbons (Fsp3) is 0.357. The van der Waals surface area contributed by atoms with Crippen molar-refractivity contribution in [3.8, 4) is 5.75 Å². The third kappa shape index (κ3) is 4.07. The van der Waals surface area contributed by atoms with Gasteiger partial charge in [0.2, 0.25) is 0 Å². The van der Waals surface area contributed by atoms with Gasteiger partial charge in [0, 0.05) is 6.54 Å². The number of benzene rings is 1. The number of ether oxygens (including phenoxy) is 2. The van der Waals surface area contributed by atoms with Crippen LogP contribution in [0.2, 0.25) is 0 Å². The zero-order valence-electron chi connectivity index (χ0n) is 11.4. The van der Waals surface area contributed by atoms with E-state index in [-0.39, 0.29) is 6.04 Å². The molecule has 1 aromatic carbocycles. The van der Waals surface area contributed by atoms with Crippen molar-refractivity contribution in [3.05, 3.63) is 42.5 Å². The first kappa shape index (κ1) is 17.2. The van der Waals surface area contributed by atoms with E-state index in [4.69, 9.17) is 9.47 Å². The van der Waals surface area contributed by atoms with Gasteiger partial charge in [0.1, 0.15) is 5.75 Å². The van der Waals surface area contributed by atoms with E-state index >= 15 is 0 Å². The van der Waals surface area contributed by atoms with Gasteiger partial charge in [-0.05, 0) is 17.7 Å². The summed E-state index contributed by atoms with van der Waals surface area (Å²) < 4.78 is 8.89. The third-order valence-electron chi connectivity index (χ3n) is 2.74. The third-order valence-corrected chi connectivity index (χ3v) is 4.30.